The Morgan fingerprint density at radius 3 is 1.27 bits per heavy atom. The average Bonchev–Trinajstić information content (AvgIpc) is 3.33. The number of nitrogens with two attached hydrogens (primary N) is 4. The van der Waals surface area contributed by atoms with E-state index in [1.807, 2.05) is 0 Å². The maximum Gasteiger partial charge on any atom is 0.294 e. The van der Waals surface area contributed by atoms with Crippen molar-refractivity contribution in [2.24, 2.45) is 20.0 Å². The Balaban J connectivity index is 0.000000330. The molecule has 71 heavy (non-hydrogen) atoms. The van der Waals surface area contributed by atoms with Gasteiger partial charge in [0.25, 0.3) is 20.3 Å². The molecule has 0 unspecified atom stereocenters. The van der Waals surface area contributed by atoms with Gasteiger partial charge in [-0.2, -0.15) is 4.98 Å². The lowest BCUT2D eigenvalue weighted by molar-refractivity contribution is -0.757. The van der Waals surface area contributed by atoms with Gasteiger partial charge in [-0.05, 0) is 51.4 Å². The number of piperidine rings is 1. The minimum atomic E-state index is -0.913. The SMILES string of the molecule is Nc1nc(N2CCCCC2)cc(=NCCCCO[N+](=O)[O-])n1O.Nc1nccc(=NCCCCO[N+](=O)[O-])n1O.Nc1nccc(=NCCCO[N+](=O)[O-])n1O.Nc1nccc(=NCCO[N+](=O)[O-])n1O. The maximum atomic E-state index is 10.0. The summed E-state index contributed by atoms with van der Waals surface area (Å²) in [6.45, 7) is 2.81. The second-order valence-corrected chi connectivity index (χ2v) is 13.6. The van der Waals surface area contributed by atoms with Crippen molar-refractivity contribution in [2.75, 3.05) is 93.5 Å². The summed E-state index contributed by atoms with van der Waals surface area (Å²) in [6, 6.07) is 6.08. The zero-order valence-corrected chi connectivity index (χ0v) is 37.9. The predicted molar refractivity (Wildman–Crippen MR) is 238 cm³/mol. The summed E-state index contributed by atoms with van der Waals surface area (Å²) in [5.74, 6) is 0.448. The van der Waals surface area contributed by atoms with Gasteiger partial charge in [0.05, 0.1) is 26.4 Å². The normalized spacial score (nSPS) is 12.8. The van der Waals surface area contributed by atoms with Gasteiger partial charge in [-0.3, -0.25) is 20.0 Å². The van der Waals surface area contributed by atoms with Gasteiger partial charge in [0.2, 0.25) is 23.8 Å². The molecule has 0 saturated carbocycles. The number of unbranched alkanes of at least 4 members (excludes halogenated alkanes) is 2. The van der Waals surface area contributed by atoms with Crippen molar-refractivity contribution < 1.29 is 60.5 Å². The minimum Gasteiger partial charge on any atom is -0.423 e. The van der Waals surface area contributed by atoms with Crippen molar-refractivity contribution in [1.82, 2.24) is 38.9 Å². The molecule has 12 N–H and O–H groups in total. The average molecular weight is 1010 g/mol. The Kier molecular flexibility index (Phi) is 26.2. The number of aromatic nitrogens is 8. The summed E-state index contributed by atoms with van der Waals surface area (Å²) in [5, 5.41) is 73.9. The summed E-state index contributed by atoms with van der Waals surface area (Å²) < 4.78 is 2.63. The number of hydrogen-bond donors (Lipinski definition) is 8. The largest absolute Gasteiger partial charge is 0.423 e. The first-order valence-electron chi connectivity index (χ1n) is 20.9. The van der Waals surface area contributed by atoms with Gasteiger partial charge in [-0.15, -0.1) is 59.4 Å². The molecule has 392 valence electrons. The fraction of sp³-hybridized carbons (Fsp3) is 0.529. The van der Waals surface area contributed by atoms with Gasteiger partial charge in [0.15, 0.2) is 22.0 Å². The quantitative estimate of drug-likeness (QED) is 0.0186. The fourth-order valence-corrected chi connectivity index (χ4v) is 5.28. The molecule has 1 fully saturated rings. The van der Waals surface area contributed by atoms with Gasteiger partial charge in [-0.25, -0.2) is 15.0 Å². The van der Waals surface area contributed by atoms with Crippen LogP contribution in [-0.2, 0) is 19.4 Å². The number of hydrogen-bond acceptors (Lipinski definition) is 29. The van der Waals surface area contributed by atoms with Crippen LogP contribution in [0.25, 0.3) is 0 Å². The lowest BCUT2D eigenvalue weighted by Crippen LogP contribution is -2.33. The van der Waals surface area contributed by atoms with E-state index in [-0.39, 0.29) is 79.8 Å². The van der Waals surface area contributed by atoms with Gasteiger partial charge >= 0.3 is 0 Å². The molecule has 1 aliphatic rings. The molecule has 0 amide bonds. The zero-order valence-electron chi connectivity index (χ0n) is 37.9. The lowest BCUT2D eigenvalue weighted by atomic mass is 10.1. The highest BCUT2D eigenvalue weighted by Gasteiger charge is 2.14. The molecular formula is C34H55N21O16. The van der Waals surface area contributed by atoms with Crippen LogP contribution in [0.5, 0.6) is 0 Å². The predicted octanol–water partition coefficient (Wildman–Crippen LogP) is -1.81. The highest BCUT2D eigenvalue weighted by molar-refractivity contribution is 5.41. The van der Waals surface area contributed by atoms with Crippen LogP contribution in [0.1, 0.15) is 51.4 Å². The van der Waals surface area contributed by atoms with Crippen LogP contribution < -0.4 is 49.8 Å². The first-order valence-corrected chi connectivity index (χ1v) is 20.9. The van der Waals surface area contributed by atoms with Crippen molar-refractivity contribution in [2.45, 2.75) is 51.4 Å². The number of rotatable bonds is 22. The van der Waals surface area contributed by atoms with Crippen LogP contribution in [0, 0.1) is 40.5 Å². The molecule has 0 atom stereocenters. The topological polar surface area (TPSA) is 518 Å². The number of nitrogen functional groups attached to an aromatic ring is 4. The van der Waals surface area contributed by atoms with Gasteiger partial charge in [-0.1, -0.05) is 0 Å². The molecule has 4 aromatic heterocycles. The van der Waals surface area contributed by atoms with Crippen LogP contribution in [0.2, 0.25) is 0 Å². The van der Waals surface area contributed by atoms with E-state index in [1.54, 1.807) is 6.07 Å². The standard InChI is InChI=1S/C13H22N6O4.C8H13N5O4.C7H11N5O4.C6H9N5O4/c14-13-16-12(17-7-3-1-4-8-17)10-11(18(13)20)15-6-2-5-9-23-19(21)22;9-8-11-5-3-7(12(8)14)10-4-1-2-6-17-13(15)16;8-7-10-4-2-6(11(7)13)9-3-1-5-16-12(14)15;7-6-9-2-1-5(10(6)12)8-3-4-15-11(13)14/h10,20H,1-9H2,(H2,14,16);3,5,14H,1-2,4,6H2,(H2,9,11);2,4,13H,1,3,5H2,(H2,8,10);1-2,12H,3-4H2,(H2,7,9). The fourth-order valence-electron chi connectivity index (χ4n) is 5.28. The molecule has 0 aromatic carbocycles. The second kappa shape index (κ2) is 32.3. The molecule has 0 spiro atoms. The molecule has 5 heterocycles. The Morgan fingerprint density at radius 1 is 0.493 bits per heavy atom. The van der Waals surface area contributed by atoms with E-state index in [1.165, 1.54) is 43.2 Å². The van der Waals surface area contributed by atoms with E-state index in [2.05, 4.69) is 64.2 Å². The highest BCUT2D eigenvalue weighted by Crippen LogP contribution is 2.16. The molecule has 37 heteroatoms. The molecule has 4 aromatic rings. The third kappa shape index (κ3) is 23.7. The minimum absolute atomic E-state index is 0.0106. The van der Waals surface area contributed by atoms with Crippen LogP contribution in [0.15, 0.2) is 62.8 Å². The number of anilines is 5. The molecule has 0 aliphatic carbocycles. The van der Waals surface area contributed by atoms with E-state index in [0.717, 1.165) is 30.7 Å². The molecule has 0 radical (unpaired) electrons. The number of nitrogens with zero attached hydrogens (tertiary/aromatic N) is 17. The molecule has 1 saturated heterocycles. The monoisotopic (exact) mass is 1010 g/mol. The first-order chi connectivity index (χ1) is 33.9. The van der Waals surface area contributed by atoms with Crippen molar-refractivity contribution in [1.29, 1.82) is 0 Å². The Hall–Kier alpha value is -9.48. The molecule has 5 rings (SSSR count). The lowest BCUT2D eigenvalue weighted by Gasteiger charge is -2.27. The summed E-state index contributed by atoms with van der Waals surface area (Å²) in [4.78, 5) is 89.2. The van der Waals surface area contributed by atoms with Crippen LogP contribution in [0.3, 0.4) is 0 Å². The van der Waals surface area contributed by atoms with E-state index in [9.17, 15) is 61.3 Å². The maximum absolute atomic E-state index is 10.0. The summed E-state index contributed by atoms with van der Waals surface area (Å²) in [7, 11) is 0. The highest BCUT2D eigenvalue weighted by atomic mass is 17.0. The molecule has 1 aliphatic heterocycles. The van der Waals surface area contributed by atoms with Crippen molar-refractivity contribution in [3.63, 3.8) is 0 Å². The Labute approximate surface area is 398 Å². The van der Waals surface area contributed by atoms with Gasteiger partial charge < -0.3 is 68.0 Å². The smallest absolute Gasteiger partial charge is 0.294 e. The molecule has 37 nitrogen and oxygen atoms in total. The van der Waals surface area contributed by atoms with E-state index >= 15 is 0 Å². The van der Waals surface area contributed by atoms with Crippen molar-refractivity contribution in [3.8, 4) is 0 Å². The van der Waals surface area contributed by atoms with Gasteiger partial charge in [0, 0.05) is 75.6 Å². The van der Waals surface area contributed by atoms with E-state index in [4.69, 9.17) is 22.9 Å². The summed E-state index contributed by atoms with van der Waals surface area (Å²) >= 11 is 0. The Morgan fingerprint density at radius 2 is 0.845 bits per heavy atom. The van der Waals surface area contributed by atoms with Gasteiger partial charge in [0.1, 0.15) is 12.4 Å². The summed E-state index contributed by atoms with van der Waals surface area (Å²) in [6.07, 6.45) is 10.2. The molecular weight excluding hydrogens is 959 g/mol. The van der Waals surface area contributed by atoms with E-state index < -0.39 is 20.3 Å². The third-order valence-corrected chi connectivity index (χ3v) is 8.58. The first kappa shape index (κ1) is 57.6. The third-order valence-electron chi connectivity index (χ3n) is 8.58. The van der Waals surface area contributed by atoms with Crippen LogP contribution in [-0.4, -0.2) is 146 Å². The summed E-state index contributed by atoms with van der Waals surface area (Å²) in [5.41, 5.74) is 22.7. The molecule has 0 bridgehead atoms. The zero-order chi connectivity index (χ0) is 52.6. The van der Waals surface area contributed by atoms with E-state index in [0.29, 0.717) is 70.7 Å². The van der Waals surface area contributed by atoms with Crippen LogP contribution >= 0.6 is 0 Å². The van der Waals surface area contributed by atoms with Crippen LogP contribution in [0.4, 0.5) is 29.6 Å². The second-order valence-electron chi connectivity index (χ2n) is 13.6. The Bertz CT molecular complexity index is 2580. The van der Waals surface area contributed by atoms with Crippen molar-refractivity contribution in [3.05, 3.63) is 105 Å². The van der Waals surface area contributed by atoms with Crippen molar-refractivity contribution >= 4 is 29.6 Å².